The molecule has 1 aromatic heterocycles. The van der Waals surface area contributed by atoms with Crippen molar-refractivity contribution in [3.05, 3.63) is 30.1 Å². The van der Waals surface area contributed by atoms with Gasteiger partial charge in [-0.05, 0) is 19.1 Å². The van der Waals surface area contributed by atoms with Gasteiger partial charge in [0.2, 0.25) is 0 Å². The van der Waals surface area contributed by atoms with E-state index in [0.717, 1.165) is 11.0 Å². The summed E-state index contributed by atoms with van der Waals surface area (Å²) < 4.78 is 0. The molecular formula is C10H13N3O. The van der Waals surface area contributed by atoms with Crippen molar-refractivity contribution in [2.24, 2.45) is 5.73 Å². The molecule has 74 valence electrons. The Bertz CT molecular complexity index is 409. The van der Waals surface area contributed by atoms with Crippen LogP contribution in [0.3, 0.4) is 0 Å². The van der Waals surface area contributed by atoms with Crippen molar-refractivity contribution in [2.45, 2.75) is 19.1 Å². The molecule has 0 aliphatic carbocycles. The largest absolute Gasteiger partial charge is 0.376 e. The number of aliphatic hydroxyl groups is 1. The number of H-pyrrole nitrogens is 1. The molecule has 0 saturated carbocycles. The van der Waals surface area contributed by atoms with E-state index in [-0.39, 0.29) is 0 Å². The molecule has 0 fully saturated rings. The number of nitrogens with two attached hydrogens (primary N) is 1. The standard InChI is InChI=1S/C10H13N3O/c1-10(11,14)6-9-12-7-4-2-3-5-8(7)13-9/h2-5,14H,6,11H2,1H3,(H,12,13). The molecule has 4 heteroatoms. The molecule has 1 aromatic carbocycles. The van der Waals surface area contributed by atoms with Gasteiger partial charge in [-0.1, -0.05) is 12.1 Å². The number of para-hydroxylation sites is 2. The van der Waals surface area contributed by atoms with Crippen molar-refractivity contribution in [1.29, 1.82) is 0 Å². The first kappa shape index (κ1) is 9.18. The van der Waals surface area contributed by atoms with E-state index >= 15 is 0 Å². The van der Waals surface area contributed by atoms with Gasteiger partial charge in [0.05, 0.1) is 11.0 Å². The summed E-state index contributed by atoms with van der Waals surface area (Å²) >= 11 is 0. The van der Waals surface area contributed by atoms with Crippen LogP contribution in [-0.4, -0.2) is 20.8 Å². The van der Waals surface area contributed by atoms with Gasteiger partial charge < -0.3 is 15.8 Å². The maximum Gasteiger partial charge on any atom is 0.117 e. The van der Waals surface area contributed by atoms with Crippen LogP contribution < -0.4 is 5.73 Å². The summed E-state index contributed by atoms with van der Waals surface area (Å²) in [6, 6.07) is 7.72. The second kappa shape index (κ2) is 3.08. The number of benzene rings is 1. The Kier molecular flexibility index (Phi) is 2.02. The summed E-state index contributed by atoms with van der Waals surface area (Å²) in [5.41, 5.74) is 6.13. The Morgan fingerprint density at radius 3 is 2.86 bits per heavy atom. The Morgan fingerprint density at radius 1 is 1.50 bits per heavy atom. The summed E-state index contributed by atoms with van der Waals surface area (Å²) in [6.07, 6.45) is 0.321. The smallest absolute Gasteiger partial charge is 0.117 e. The average Bonchev–Trinajstić information content (AvgIpc) is 2.42. The zero-order valence-corrected chi connectivity index (χ0v) is 7.99. The van der Waals surface area contributed by atoms with Gasteiger partial charge in [-0.25, -0.2) is 4.98 Å². The van der Waals surface area contributed by atoms with Gasteiger partial charge in [0.15, 0.2) is 0 Å². The van der Waals surface area contributed by atoms with Crippen molar-refractivity contribution < 1.29 is 5.11 Å². The zero-order valence-electron chi connectivity index (χ0n) is 7.99. The van der Waals surface area contributed by atoms with Crippen LogP contribution in [0.15, 0.2) is 24.3 Å². The monoisotopic (exact) mass is 191 g/mol. The van der Waals surface area contributed by atoms with Crippen LogP contribution in [0, 0.1) is 0 Å². The van der Waals surface area contributed by atoms with Gasteiger partial charge in [-0.2, -0.15) is 0 Å². The molecule has 0 bridgehead atoms. The molecule has 2 rings (SSSR count). The number of imidazole rings is 1. The molecule has 4 nitrogen and oxygen atoms in total. The lowest BCUT2D eigenvalue weighted by molar-refractivity contribution is 0.0658. The summed E-state index contributed by atoms with van der Waals surface area (Å²) in [6.45, 7) is 1.56. The minimum absolute atomic E-state index is 0.321. The molecule has 0 aliphatic rings. The molecule has 4 N–H and O–H groups in total. The second-order valence-corrected chi connectivity index (χ2v) is 3.73. The maximum absolute atomic E-state index is 9.41. The van der Waals surface area contributed by atoms with Crippen LogP contribution >= 0.6 is 0 Å². The fourth-order valence-electron chi connectivity index (χ4n) is 1.43. The summed E-state index contributed by atoms with van der Waals surface area (Å²) in [5, 5.41) is 9.41. The van der Waals surface area contributed by atoms with Gasteiger partial charge in [0.1, 0.15) is 11.5 Å². The van der Waals surface area contributed by atoms with Gasteiger partial charge in [-0.3, -0.25) is 0 Å². The number of hydrogen-bond donors (Lipinski definition) is 3. The number of hydrogen-bond acceptors (Lipinski definition) is 3. The van der Waals surface area contributed by atoms with Crippen molar-refractivity contribution in [2.75, 3.05) is 0 Å². The molecule has 1 unspecified atom stereocenters. The van der Waals surface area contributed by atoms with Crippen LogP contribution in [0.1, 0.15) is 12.7 Å². The minimum atomic E-state index is -1.21. The quantitative estimate of drug-likeness (QED) is 0.614. The van der Waals surface area contributed by atoms with Crippen molar-refractivity contribution >= 4 is 11.0 Å². The third-order valence-electron chi connectivity index (χ3n) is 1.96. The Labute approximate surface area is 81.8 Å². The highest BCUT2D eigenvalue weighted by Crippen LogP contribution is 2.12. The molecule has 0 spiro atoms. The average molecular weight is 191 g/mol. The van der Waals surface area contributed by atoms with Crippen molar-refractivity contribution in [3.63, 3.8) is 0 Å². The number of rotatable bonds is 2. The van der Waals surface area contributed by atoms with E-state index in [1.54, 1.807) is 6.92 Å². The second-order valence-electron chi connectivity index (χ2n) is 3.73. The third-order valence-corrected chi connectivity index (χ3v) is 1.96. The Balaban J connectivity index is 2.36. The van der Waals surface area contributed by atoms with E-state index in [1.165, 1.54) is 0 Å². The molecule has 0 aliphatic heterocycles. The SMILES string of the molecule is CC(N)(O)Cc1nc2ccccc2[nH]1. The third kappa shape index (κ3) is 1.92. The lowest BCUT2D eigenvalue weighted by Gasteiger charge is -2.14. The van der Waals surface area contributed by atoms with E-state index < -0.39 is 5.72 Å². The van der Waals surface area contributed by atoms with Crippen LogP contribution in [0.5, 0.6) is 0 Å². The van der Waals surface area contributed by atoms with Crippen LogP contribution in [0.2, 0.25) is 0 Å². The van der Waals surface area contributed by atoms with Gasteiger partial charge in [0.25, 0.3) is 0 Å². The predicted molar refractivity (Wildman–Crippen MR) is 54.6 cm³/mol. The molecule has 1 atom stereocenters. The molecule has 0 radical (unpaired) electrons. The highest BCUT2D eigenvalue weighted by molar-refractivity contribution is 5.74. The number of nitrogens with one attached hydrogen (secondary N) is 1. The van der Waals surface area contributed by atoms with Crippen molar-refractivity contribution in [1.82, 2.24) is 9.97 Å². The molecule has 14 heavy (non-hydrogen) atoms. The van der Waals surface area contributed by atoms with Gasteiger partial charge in [-0.15, -0.1) is 0 Å². The Hall–Kier alpha value is -1.39. The van der Waals surface area contributed by atoms with E-state index in [2.05, 4.69) is 9.97 Å². The first-order chi connectivity index (χ1) is 6.54. The fraction of sp³-hybridized carbons (Fsp3) is 0.300. The highest BCUT2D eigenvalue weighted by Gasteiger charge is 2.16. The number of aromatic amines is 1. The maximum atomic E-state index is 9.41. The lowest BCUT2D eigenvalue weighted by Crippen LogP contribution is -2.38. The summed E-state index contributed by atoms with van der Waals surface area (Å²) in [5.74, 6) is 0.707. The molecule has 0 amide bonds. The molecule has 1 heterocycles. The van der Waals surface area contributed by atoms with Gasteiger partial charge >= 0.3 is 0 Å². The van der Waals surface area contributed by atoms with Crippen LogP contribution in [0.4, 0.5) is 0 Å². The van der Waals surface area contributed by atoms with E-state index in [9.17, 15) is 5.11 Å². The molecule has 2 aromatic rings. The topological polar surface area (TPSA) is 74.9 Å². The normalized spacial score (nSPS) is 15.6. The first-order valence-electron chi connectivity index (χ1n) is 4.49. The van der Waals surface area contributed by atoms with Crippen LogP contribution in [-0.2, 0) is 6.42 Å². The van der Waals surface area contributed by atoms with Gasteiger partial charge in [0, 0.05) is 6.42 Å². The summed E-state index contributed by atoms with van der Waals surface area (Å²) in [4.78, 5) is 7.40. The summed E-state index contributed by atoms with van der Waals surface area (Å²) in [7, 11) is 0. The molecular weight excluding hydrogens is 178 g/mol. The zero-order chi connectivity index (χ0) is 10.2. The lowest BCUT2D eigenvalue weighted by atomic mass is 10.2. The van der Waals surface area contributed by atoms with E-state index in [1.807, 2.05) is 24.3 Å². The number of fused-ring (bicyclic) bond motifs is 1. The first-order valence-corrected chi connectivity index (χ1v) is 4.49. The fourth-order valence-corrected chi connectivity index (χ4v) is 1.43. The number of aromatic nitrogens is 2. The Morgan fingerprint density at radius 2 is 2.21 bits per heavy atom. The highest BCUT2D eigenvalue weighted by atomic mass is 16.3. The number of nitrogens with zero attached hydrogens (tertiary/aromatic N) is 1. The van der Waals surface area contributed by atoms with Crippen LogP contribution in [0.25, 0.3) is 11.0 Å². The van der Waals surface area contributed by atoms with E-state index in [0.29, 0.717) is 12.2 Å². The minimum Gasteiger partial charge on any atom is -0.376 e. The predicted octanol–water partition coefficient (Wildman–Crippen LogP) is 0.773. The van der Waals surface area contributed by atoms with E-state index in [4.69, 9.17) is 5.73 Å². The van der Waals surface area contributed by atoms with Crippen molar-refractivity contribution in [3.8, 4) is 0 Å². The molecule has 0 saturated heterocycles.